The fraction of sp³-hybridized carbons (Fsp3) is 0.467. The maximum atomic E-state index is 14.0. The third kappa shape index (κ3) is 2.61. The zero-order valence-corrected chi connectivity index (χ0v) is 10.7. The molecule has 0 saturated heterocycles. The molecule has 1 atom stereocenters. The molecule has 1 aliphatic rings. The van der Waals surface area contributed by atoms with E-state index in [1.165, 1.54) is 12.1 Å². The van der Waals surface area contributed by atoms with E-state index in [-0.39, 0.29) is 5.56 Å². The van der Waals surface area contributed by atoms with Crippen molar-refractivity contribution in [2.75, 3.05) is 0 Å². The molecule has 0 spiro atoms. The lowest BCUT2D eigenvalue weighted by atomic mass is 9.94. The SMILES string of the molecule is Cc1ccc(F)c(C(N)C2=CCCCCC2)c1F. The monoisotopic (exact) mass is 251 g/mol. The minimum atomic E-state index is -0.650. The molecule has 18 heavy (non-hydrogen) atoms. The molecule has 0 fully saturated rings. The Morgan fingerprint density at radius 2 is 1.94 bits per heavy atom. The molecule has 1 nitrogen and oxygen atoms in total. The molecule has 1 unspecified atom stereocenters. The first-order chi connectivity index (χ1) is 8.61. The van der Waals surface area contributed by atoms with E-state index >= 15 is 0 Å². The second kappa shape index (κ2) is 5.61. The predicted octanol–water partition coefficient (Wildman–Crippen LogP) is 4.16. The van der Waals surface area contributed by atoms with Crippen LogP contribution in [-0.4, -0.2) is 0 Å². The summed E-state index contributed by atoms with van der Waals surface area (Å²) in [5.74, 6) is -1.05. The molecule has 0 aromatic heterocycles. The molecule has 0 heterocycles. The highest BCUT2D eigenvalue weighted by Gasteiger charge is 2.21. The summed E-state index contributed by atoms with van der Waals surface area (Å²) in [4.78, 5) is 0. The summed E-state index contributed by atoms with van der Waals surface area (Å²) in [6.45, 7) is 1.63. The van der Waals surface area contributed by atoms with Crippen molar-refractivity contribution in [1.82, 2.24) is 0 Å². The molecule has 0 amide bonds. The quantitative estimate of drug-likeness (QED) is 0.785. The van der Waals surface area contributed by atoms with Crippen LogP contribution < -0.4 is 5.73 Å². The number of halogens is 2. The third-order valence-corrected chi connectivity index (χ3v) is 3.61. The van der Waals surface area contributed by atoms with Crippen LogP contribution in [-0.2, 0) is 0 Å². The van der Waals surface area contributed by atoms with Gasteiger partial charge in [0.1, 0.15) is 11.6 Å². The minimum Gasteiger partial charge on any atom is -0.320 e. The summed E-state index contributed by atoms with van der Waals surface area (Å²) in [6.07, 6.45) is 7.19. The van der Waals surface area contributed by atoms with Crippen LogP contribution in [0.4, 0.5) is 8.78 Å². The Balaban J connectivity index is 2.36. The lowest BCUT2D eigenvalue weighted by Gasteiger charge is -2.18. The lowest BCUT2D eigenvalue weighted by molar-refractivity contribution is 0.532. The fourth-order valence-electron chi connectivity index (χ4n) is 2.47. The van der Waals surface area contributed by atoms with Gasteiger partial charge in [0, 0.05) is 5.56 Å². The van der Waals surface area contributed by atoms with Gasteiger partial charge in [-0.2, -0.15) is 0 Å². The van der Waals surface area contributed by atoms with Gasteiger partial charge in [-0.25, -0.2) is 8.78 Å². The maximum Gasteiger partial charge on any atom is 0.134 e. The van der Waals surface area contributed by atoms with E-state index in [9.17, 15) is 8.78 Å². The van der Waals surface area contributed by atoms with Crippen molar-refractivity contribution in [1.29, 1.82) is 0 Å². The first-order valence-electron chi connectivity index (χ1n) is 6.50. The molecule has 1 aliphatic carbocycles. The Labute approximate surface area is 107 Å². The number of hydrogen-bond acceptors (Lipinski definition) is 1. The Morgan fingerprint density at radius 3 is 2.72 bits per heavy atom. The highest BCUT2D eigenvalue weighted by atomic mass is 19.1. The molecule has 0 saturated carbocycles. The molecule has 1 aromatic rings. The maximum absolute atomic E-state index is 14.0. The van der Waals surface area contributed by atoms with Crippen LogP contribution in [0, 0.1) is 18.6 Å². The van der Waals surface area contributed by atoms with Crippen molar-refractivity contribution in [3.05, 3.63) is 46.5 Å². The molecule has 98 valence electrons. The largest absolute Gasteiger partial charge is 0.320 e. The number of rotatable bonds is 2. The summed E-state index contributed by atoms with van der Waals surface area (Å²) in [5.41, 5.74) is 7.49. The molecule has 2 N–H and O–H groups in total. The van der Waals surface area contributed by atoms with Crippen molar-refractivity contribution >= 4 is 0 Å². The minimum absolute atomic E-state index is 0.0168. The van der Waals surface area contributed by atoms with Crippen LogP contribution in [0.15, 0.2) is 23.8 Å². The first-order valence-corrected chi connectivity index (χ1v) is 6.50. The normalized spacial score (nSPS) is 18.1. The van der Waals surface area contributed by atoms with Crippen LogP contribution in [0.5, 0.6) is 0 Å². The van der Waals surface area contributed by atoms with Crippen LogP contribution in [0.2, 0.25) is 0 Å². The van der Waals surface area contributed by atoms with Crippen molar-refractivity contribution in [3.8, 4) is 0 Å². The van der Waals surface area contributed by atoms with Gasteiger partial charge in [0.25, 0.3) is 0 Å². The Kier molecular flexibility index (Phi) is 4.12. The van der Waals surface area contributed by atoms with E-state index in [4.69, 9.17) is 5.73 Å². The van der Waals surface area contributed by atoms with Crippen LogP contribution >= 0.6 is 0 Å². The second-order valence-corrected chi connectivity index (χ2v) is 4.95. The van der Waals surface area contributed by atoms with Gasteiger partial charge in [0.15, 0.2) is 0 Å². The second-order valence-electron chi connectivity index (χ2n) is 4.95. The molecule has 2 rings (SSSR count). The Hall–Kier alpha value is -1.22. The standard InChI is InChI=1S/C15H19F2N/c1-10-8-9-12(16)13(14(10)17)15(18)11-6-4-2-3-5-7-11/h6,8-9,15H,2-5,7,18H2,1H3. The summed E-state index contributed by atoms with van der Waals surface area (Å²) >= 11 is 0. The Bertz CT molecular complexity index is 466. The van der Waals surface area contributed by atoms with E-state index in [0.29, 0.717) is 5.56 Å². The fourth-order valence-corrected chi connectivity index (χ4v) is 2.47. The van der Waals surface area contributed by atoms with Crippen LogP contribution in [0.1, 0.15) is 49.3 Å². The van der Waals surface area contributed by atoms with Gasteiger partial charge in [-0.15, -0.1) is 0 Å². The zero-order valence-electron chi connectivity index (χ0n) is 10.7. The molecule has 0 bridgehead atoms. The Morgan fingerprint density at radius 1 is 1.17 bits per heavy atom. The number of nitrogens with two attached hydrogens (primary N) is 1. The van der Waals surface area contributed by atoms with Gasteiger partial charge in [-0.3, -0.25) is 0 Å². The molecule has 1 aromatic carbocycles. The van der Waals surface area contributed by atoms with E-state index in [2.05, 4.69) is 6.08 Å². The van der Waals surface area contributed by atoms with Crippen LogP contribution in [0.3, 0.4) is 0 Å². The van der Waals surface area contributed by atoms with Gasteiger partial charge < -0.3 is 5.73 Å². The summed E-state index contributed by atoms with van der Waals surface area (Å²) in [5, 5.41) is 0. The molecule has 0 aliphatic heterocycles. The molecular weight excluding hydrogens is 232 g/mol. The topological polar surface area (TPSA) is 26.0 Å². The van der Waals surface area contributed by atoms with Crippen molar-refractivity contribution < 1.29 is 8.78 Å². The third-order valence-electron chi connectivity index (χ3n) is 3.61. The van der Waals surface area contributed by atoms with Crippen molar-refractivity contribution in [2.24, 2.45) is 5.73 Å². The van der Waals surface area contributed by atoms with Gasteiger partial charge >= 0.3 is 0 Å². The zero-order chi connectivity index (χ0) is 13.1. The van der Waals surface area contributed by atoms with E-state index < -0.39 is 17.7 Å². The van der Waals surface area contributed by atoms with E-state index in [1.807, 2.05) is 0 Å². The summed E-state index contributed by atoms with van der Waals surface area (Å²) < 4.78 is 27.8. The first kappa shape index (κ1) is 13.2. The highest BCUT2D eigenvalue weighted by molar-refractivity contribution is 5.34. The predicted molar refractivity (Wildman–Crippen MR) is 69.2 cm³/mol. The van der Waals surface area contributed by atoms with Gasteiger partial charge in [0.2, 0.25) is 0 Å². The number of benzene rings is 1. The lowest BCUT2D eigenvalue weighted by Crippen LogP contribution is -2.17. The van der Waals surface area contributed by atoms with Gasteiger partial charge in [0.05, 0.1) is 6.04 Å². The average molecular weight is 251 g/mol. The highest BCUT2D eigenvalue weighted by Crippen LogP contribution is 2.31. The van der Waals surface area contributed by atoms with Crippen molar-refractivity contribution in [3.63, 3.8) is 0 Å². The number of aryl methyl sites for hydroxylation is 1. The number of hydrogen-bond donors (Lipinski definition) is 1. The number of allylic oxidation sites excluding steroid dienone is 1. The van der Waals surface area contributed by atoms with E-state index in [0.717, 1.165) is 37.7 Å². The smallest absolute Gasteiger partial charge is 0.134 e. The van der Waals surface area contributed by atoms with Crippen molar-refractivity contribution in [2.45, 2.75) is 45.1 Å². The molecule has 0 radical (unpaired) electrons. The molecular formula is C15H19F2N. The molecule has 3 heteroatoms. The summed E-state index contributed by atoms with van der Waals surface area (Å²) in [6, 6.07) is 2.09. The van der Waals surface area contributed by atoms with Crippen LogP contribution in [0.25, 0.3) is 0 Å². The van der Waals surface area contributed by atoms with Gasteiger partial charge in [-0.05, 0) is 44.2 Å². The van der Waals surface area contributed by atoms with E-state index in [1.54, 1.807) is 6.92 Å². The average Bonchev–Trinajstić information content (AvgIpc) is 2.63. The summed E-state index contributed by atoms with van der Waals surface area (Å²) in [7, 11) is 0. The van der Waals surface area contributed by atoms with Gasteiger partial charge in [-0.1, -0.05) is 24.1 Å².